The molecule has 0 unspecified atom stereocenters. The summed E-state index contributed by atoms with van der Waals surface area (Å²) in [5.41, 5.74) is 9.42. The van der Waals surface area contributed by atoms with Crippen LogP contribution in [0.5, 0.6) is 0 Å². The Balaban J connectivity index is 2.39. The maximum Gasteiger partial charge on any atom is 0.0908 e. The summed E-state index contributed by atoms with van der Waals surface area (Å²) in [5.74, 6) is 0. The first-order chi connectivity index (χ1) is 7.72. The second-order valence-corrected chi connectivity index (χ2v) is 3.60. The third-order valence-electron chi connectivity index (χ3n) is 2.48. The number of nitriles is 1. The molecule has 0 fully saturated rings. The lowest BCUT2D eigenvalue weighted by atomic mass is 10.1. The van der Waals surface area contributed by atoms with Crippen molar-refractivity contribution < 1.29 is 0 Å². The van der Waals surface area contributed by atoms with Crippen LogP contribution in [0.3, 0.4) is 0 Å². The van der Waals surface area contributed by atoms with Gasteiger partial charge in [0.05, 0.1) is 30.1 Å². The van der Waals surface area contributed by atoms with E-state index in [4.69, 9.17) is 11.0 Å². The Bertz CT molecular complexity index is 512. The number of anilines is 1. The smallest absolute Gasteiger partial charge is 0.0908 e. The topological polar surface area (TPSA) is 67.6 Å². The number of rotatable bonds is 2. The molecule has 0 aliphatic carbocycles. The van der Waals surface area contributed by atoms with Crippen molar-refractivity contribution in [1.29, 1.82) is 5.26 Å². The number of nitrogens with two attached hydrogens (primary N) is 1. The fraction of sp³-hybridized carbons (Fsp3) is 0.167. The minimum atomic E-state index is 0.432. The van der Waals surface area contributed by atoms with Gasteiger partial charge in [0.25, 0.3) is 0 Å². The number of nitrogen functional groups attached to an aromatic ring is 1. The second kappa shape index (κ2) is 4.07. The van der Waals surface area contributed by atoms with E-state index in [9.17, 15) is 0 Å². The zero-order valence-electron chi connectivity index (χ0n) is 9.01. The molecule has 2 aromatic rings. The third kappa shape index (κ3) is 1.75. The van der Waals surface area contributed by atoms with Crippen molar-refractivity contribution in [2.24, 2.45) is 7.05 Å². The molecule has 0 saturated carbocycles. The van der Waals surface area contributed by atoms with Gasteiger partial charge in [0.15, 0.2) is 0 Å². The molecule has 0 bridgehead atoms. The zero-order chi connectivity index (χ0) is 11.5. The van der Waals surface area contributed by atoms with Crippen LogP contribution in [-0.4, -0.2) is 9.78 Å². The summed E-state index contributed by atoms with van der Waals surface area (Å²) < 4.78 is 1.74. The van der Waals surface area contributed by atoms with E-state index < -0.39 is 0 Å². The lowest BCUT2D eigenvalue weighted by Gasteiger charge is -2.04. The van der Waals surface area contributed by atoms with E-state index in [0.29, 0.717) is 12.1 Å². The Morgan fingerprint density at radius 1 is 1.38 bits per heavy atom. The van der Waals surface area contributed by atoms with Gasteiger partial charge in [-0.3, -0.25) is 4.68 Å². The van der Waals surface area contributed by atoms with Crippen LogP contribution >= 0.6 is 0 Å². The average molecular weight is 212 g/mol. The maximum atomic E-state index is 8.58. The van der Waals surface area contributed by atoms with Gasteiger partial charge in [0.2, 0.25) is 0 Å². The number of aryl methyl sites for hydroxylation is 1. The average Bonchev–Trinajstić information content (AvgIpc) is 2.61. The van der Waals surface area contributed by atoms with Crippen molar-refractivity contribution >= 4 is 5.69 Å². The van der Waals surface area contributed by atoms with E-state index in [1.54, 1.807) is 10.9 Å². The van der Waals surface area contributed by atoms with Gasteiger partial charge in [-0.25, -0.2) is 0 Å². The summed E-state index contributed by atoms with van der Waals surface area (Å²) >= 11 is 0. The van der Waals surface area contributed by atoms with Crippen LogP contribution in [0.25, 0.3) is 11.3 Å². The molecule has 1 aromatic carbocycles. The Hall–Kier alpha value is -2.28. The SMILES string of the molecule is Cn1ncc(N)c1-c1ccc(CC#N)cc1. The van der Waals surface area contributed by atoms with Crippen molar-refractivity contribution in [3.63, 3.8) is 0 Å². The lowest BCUT2D eigenvalue weighted by Crippen LogP contribution is -1.96. The number of hydrogen-bond acceptors (Lipinski definition) is 3. The molecule has 2 N–H and O–H groups in total. The Labute approximate surface area is 93.9 Å². The van der Waals surface area contributed by atoms with E-state index in [-0.39, 0.29) is 0 Å². The van der Waals surface area contributed by atoms with Crippen LogP contribution in [0.15, 0.2) is 30.5 Å². The summed E-state index contributed by atoms with van der Waals surface area (Å²) in [4.78, 5) is 0. The molecule has 1 heterocycles. The summed E-state index contributed by atoms with van der Waals surface area (Å²) in [5, 5.41) is 12.7. The van der Waals surface area contributed by atoms with Gasteiger partial charge >= 0.3 is 0 Å². The molecule has 1 aromatic heterocycles. The number of hydrogen-bond donors (Lipinski definition) is 1. The van der Waals surface area contributed by atoms with Crippen molar-refractivity contribution in [3.8, 4) is 17.3 Å². The van der Waals surface area contributed by atoms with E-state index >= 15 is 0 Å². The van der Waals surface area contributed by atoms with Gasteiger partial charge in [-0.15, -0.1) is 0 Å². The minimum absolute atomic E-state index is 0.432. The van der Waals surface area contributed by atoms with Crippen molar-refractivity contribution in [2.45, 2.75) is 6.42 Å². The fourth-order valence-electron chi connectivity index (χ4n) is 1.68. The fourth-order valence-corrected chi connectivity index (χ4v) is 1.68. The highest BCUT2D eigenvalue weighted by Gasteiger charge is 2.07. The van der Waals surface area contributed by atoms with Gasteiger partial charge in [-0.05, 0) is 5.56 Å². The molecule has 0 amide bonds. The Kier molecular flexibility index (Phi) is 2.61. The molecule has 0 saturated heterocycles. The van der Waals surface area contributed by atoms with Crippen LogP contribution in [0.2, 0.25) is 0 Å². The van der Waals surface area contributed by atoms with Crippen LogP contribution in [0.4, 0.5) is 5.69 Å². The minimum Gasteiger partial charge on any atom is -0.396 e. The molecule has 80 valence electrons. The maximum absolute atomic E-state index is 8.58. The van der Waals surface area contributed by atoms with E-state index in [1.165, 1.54) is 0 Å². The number of aromatic nitrogens is 2. The largest absolute Gasteiger partial charge is 0.396 e. The highest BCUT2D eigenvalue weighted by molar-refractivity contribution is 5.72. The van der Waals surface area contributed by atoms with E-state index in [0.717, 1.165) is 16.8 Å². The van der Waals surface area contributed by atoms with Crippen molar-refractivity contribution in [2.75, 3.05) is 5.73 Å². The molecule has 0 spiro atoms. The standard InChI is InChI=1S/C12H12N4/c1-16-12(11(14)8-15-16)10-4-2-9(3-5-10)6-7-13/h2-5,8H,6,14H2,1H3. The quantitative estimate of drug-likeness (QED) is 0.824. The Morgan fingerprint density at radius 3 is 2.56 bits per heavy atom. The molecular weight excluding hydrogens is 200 g/mol. The van der Waals surface area contributed by atoms with Crippen LogP contribution in [0, 0.1) is 11.3 Å². The van der Waals surface area contributed by atoms with E-state index in [1.807, 2.05) is 31.3 Å². The molecule has 4 nitrogen and oxygen atoms in total. The number of nitrogens with zero attached hydrogens (tertiary/aromatic N) is 3. The van der Waals surface area contributed by atoms with Gasteiger partial charge in [-0.1, -0.05) is 24.3 Å². The Morgan fingerprint density at radius 2 is 2.06 bits per heavy atom. The molecule has 0 aliphatic heterocycles. The normalized spacial score (nSPS) is 10.0. The van der Waals surface area contributed by atoms with Crippen LogP contribution in [0.1, 0.15) is 5.56 Å². The van der Waals surface area contributed by atoms with Crippen molar-refractivity contribution in [1.82, 2.24) is 9.78 Å². The molecule has 0 aliphatic rings. The molecular formula is C12H12N4. The first-order valence-electron chi connectivity index (χ1n) is 4.96. The molecule has 4 heteroatoms. The van der Waals surface area contributed by atoms with E-state index in [2.05, 4.69) is 11.2 Å². The first kappa shape index (κ1) is 10.2. The van der Waals surface area contributed by atoms with Crippen LogP contribution < -0.4 is 5.73 Å². The number of benzene rings is 1. The zero-order valence-corrected chi connectivity index (χ0v) is 9.01. The summed E-state index contributed by atoms with van der Waals surface area (Å²) in [7, 11) is 1.86. The highest BCUT2D eigenvalue weighted by Crippen LogP contribution is 2.24. The van der Waals surface area contributed by atoms with Gasteiger partial charge in [0, 0.05) is 12.6 Å². The predicted molar refractivity (Wildman–Crippen MR) is 62.4 cm³/mol. The first-order valence-corrected chi connectivity index (χ1v) is 4.96. The summed E-state index contributed by atoms with van der Waals surface area (Å²) in [6, 6.07) is 9.91. The second-order valence-electron chi connectivity index (χ2n) is 3.60. The predicted octanol–water partition coefficient (Wildman–Crippen LogP) is 1.74. The van der Waals surface area contributed by atoms with Crippen molar-refractivity contribution in [3.05, 3.63) is 36.0 Å². The lowest BCUT2D eigenvalue weighted by molar-refractivity contribution is 0.776. The summed E-state index contributed by atoms with van der Waals surface area (Å²) in [6.07, 6.45) is 2.07. The molecule has 0 atom stereocenters. The molecule has 16 heavy (non-hydrogen) atoms. The monoisotopic (exact) mass is 212 g/mol. The summed E-state index contributed by atoms with van der Waals surface area (Å²) in [6.45, 7) is 0. The van der Waals surface area contributed by atoms with Gasteiger partial charge in [-0.2, -0.15) is 10.4 Å². The van der Waals surface area contributed by atoms with Gasteiger partial charge < -0.3 is 5.73 Å². The van der Waals surface area contributed by atoms with Crippen LogP contribution in [-0.2, 0) is 13.5 Å². The molecule has 2 rings (SSSR count). The third-order valence-corrected chi connectivity index (χ3v) is 2.48. The highest BCUT2D eigenvalue weighted by atomic mass is 15.3. The molecule has 0 radical (unpaired) electrons. The van der Waals surface area contributed by atoms with Gasteiger partial charge in [0.1, 0.15) is 0 Å².